The molecule has 6 heteroatoms. The van der Waals surface area contributed by atoms with E-state index < -0.39 is 11.8 Å². The van der Waals surface area contributed by atoms with Crippen molar-refractivity contribution in [2.24, 2.45) is 11.8 Å². The molecule has 192 valence electrons. The summed E-state index contributed by atoms with van der Waals surface area (Å²) < 4.78 is 6.68. The van der Waals surface area contributed by atoms with E-state index in [9.17, 15) is 14.4 Å². The molecular formula is C33H24BrNO4. The highest BCUT2D eigenvalue weighted by Gasteiger charge is 2.61. The van der Waals surface area contributed by atoms with Gasteiger partial charge in [-0.1, -0.05) is 76.6 Å². The van der Waals surface area contributed by atoms with E-state index >= 15 is 0 Å². The summed E-state index contributed by atoms with van der Waals surface area (Å²) in [6, 6.07) is 28.9. The van der Waals surface area contributed by atoms with Crippen molar-refractivity contribution in [3.8, 4) is 5.75 Å². The van der Waals surface area contributed by atoms with E-state index in [0.717, 1.165) is 32.3 Å². The molecule has 0 aromatic heterocycles. The Bertz CT molecular complexity index is 1560. The number of nitrogens with zero attached hydrogens (tertiary/aromatic N) is 1. The van der Waals surface area contributed by atoms with Gasteiger partial charge in [0.1, 0.15) is 5.75 Å². The molecule has 4 aliphatic rings. The number of hydrogen-bond donors (Lipinski definition) is 0. The number of carbonyl (C=O) groups excluding carboxylic acids is 3. The molecule has 2 amide bonds. The zero-order valence-electron chi connectivity index (χ0n) is 21.1. The van der Waals surface area contributed by atoms with E-state index in [1.807, 2.05) is 43.3 Å². The lowest BCUT2D eigenvalue weighted by molar-refractivity contribution is -0.122. The van der Waals surface area contributed by atoms with Crippen LogP contribution in [0, 0.1) is 18.8 Å². The number of rotatable bonds is 5. The fourth-order valence-corrected chi connectivity index (χ4v) is 7.02. The second-order valence-electron chi connectivity index (χ2n) is 10.4. The third-order valence-corrected chi connectivity index (χ3v) is 8.92. The highest BCUT2D eigenvalue weighted by molar-refractivity contribution is 9.10. The Hall–Kier alpha value is -4.03. The van der Waals surface area contributed by atoms with Crippen LogP contribution in [0.2, 0.25) is 0 Å². The van der Waals surface area contributed by atoms with Crippen LogP contribution in [0.15, 0.2) is 95.5 Å². The lowest BCUT2D eigenvalue weighted by Crippen LogP contribution is -2.41. The Morgan fingerprint density at radius 1 is 0.769 bits per heavy atom. The summed E-state index contributed by atoms with van der Waals surface area (Å²) >= 11 is 3.37. The molecule has 5 nitrogen and oxygen atoms in total. The van der Waals surface area contributed by atoms with Crippen molar-refractivity contribution in [2.45, 2.75) is 18.8 Å². The molecule has 0 spiro atoms. The first-order valence-electron chi connectivity index (χ1n) is 13.0. The molecular weight excluding hydrogens is 554 g/mol. The van der Waals surface area contributed by atoms with Crippen LogP contribution in [-0.4, -0.2) is 24.2 Å². The summed E-state index contributed by atoms with van der Waals surface area (Å²) in [5.41, 5.74) is 6.49. The highest BCUT2D eigenvalue weighted by Crippen LogP contribution is 2.61. The third kappa shape index (κ3) is 3.62. The zero-order chi connectivity index (χ0) is 26.8. The minimum Gasteiger partial charge on any atom is -0.485 e. The fourth-order valence-electron chi connectivity index (χ4n) is 6.75. The highest BCUT2D eigenvalue weighted by atomic mass is 79.9. The predicted octanol–water partition coefficient (Wildman–Crippen LogP) is 6.42. The van der Waals surface area contributed by atoms with Gasteiger partial charge in [-0.05, 0) is 65.1 Å². The number of imide groups is 1. The number of aryl methyl sites for hydroxylation is 1. The molecule has 1 heterocycles. The van der Waals surface area contributed by atoms with Crippen LogP contribution in [0.1, 0.15) is 50.0 Å². The van der Waals surface area contributed by atoms with E-state index in [4.69, 9.17) is 4.74 Å². The molecule has 0 saturated carbocycles. The van der Waals surface area contributed by atoms with Crippen molar-refractivity contribution in [1.29, 1.82) is 0 Å². The van der Waals surface area contributed by atoms with E-state index in [0.29, 0.717) is 17.0 Å². The fraction of sp³-hybridized carbons (Fsp3) is 0.182. The van der Waals surface area contributed by atoms with Crippen molar-refractivity contribution >= 4 is 39.2 Å². The van der Waals surface area contributed by atoms with Gasteiger partial charge in [0.05, 0.1) is 17.5 Å². The minimum atomic E-state index is -0.425. The molecule has 8 rings (SSSR count). The first kappa shape index (κ1) is 24.0. The van der Waals surface area contributed by atoms with E-state index in [1.165, 1.54) is 4.90 Å². The van der Waals surface area contributed by atoms with Gasteiger partial charge in [0, 0.05) is 21.9 Å². The van der Waals surface area contributed by atoms with Crippen LogP contribution in [0.5, 0.6) is 5.75 Å². The maximum Gasteiger partial charge on any atom is 0.238 e. The summed E-state index contributed by atoms with van der Waals surface area (Å²) in [7, 11) is 0. The number of ketones is 1. The van der Waals surface area contributed by atoms with Crippen molar-refractivity contribution in [3.63, 3.8) is 0 Å². The normalized spacial score (nSPS) is 22.4. The lowest BCUT2D eigenvalue weighted by Gasteiger charge is -2.45. The minimum absolute atomic E-state index is 0.105. The first-order chi connectivity index (χ1) is 18.9. The number of amides is 2. The maximum absolute atomic E-state index is 14.0. The Labute approximate surface area is 234 Å². The molecule has 39 heavy (non-hydrogen) atoms. The molecule has 3 aliphatic carbocycles. The Morgan fingerprint density at radius 2 is 1.28 bits per heavy atom. The second-order valence-corrected chi connectivity index (χ2v) is 11.4. The molecule has 4 aromatic carbocycles. The van der Waals surface area contributed by atoms with Gasteiger partial charge in [-0.15, -0.1) is 0 Å². The number of hydrogen-bond acceptors (Lipinski definition) is 4. The quantitative estimate of drug-likeness (QED) is 0.203. The Balaban J connectivity index is 1.18. The smallest absolute Gasteiger partial charge is 0.238 e. The number of Topliss-reactive ketones (excluding diaryl/α,β-unsaturated/α-hetero) is 1. The van der Waals surface area contributed by atoms with Crippen LogP contribution in [0.25, 0.3) is 0 Å². The predicted molar refractivity (Wildman–Crippen MR) is 151 cm³/mol. The number of halogens is 1. The molecule has 0 unspecified atom stereocenters. The molecule has 2 bridgehead atoms. The van der Waals surface area contributed by atoms with Gasteiger partial charge in [-0.25, -0.2) is 4.90 Å². The first-order valence-corrected chi connectivity index (χ1v) is 13.8. The van der Waals surface area contributed by atoms with E-state index in [-0.39, 0.29) is 36.0 Å². The maximum atomic E-state index is 14.0. The second kappa shape index (κ2) is 9.02. The molecule has 1 saturated heterocycles. The number of benzene rings is 4. The zero-order valence-corrected chi connectivity index (χ0v) is 22.7. The summed E-state index contributed by atoms with van der Waals surface area (Å²) in [6.07, 6.45) is 0. The average molecular weight is 578 g/mol. The van der Waals surface area contributed by atoms with Gasteiger partial charge in [-0.3, -0.25) is 14.4 Å². The summed E-state index contributed by atoms with van der Waals surface area (Å²) in [5.74, 6) is -1.04. The van der Waals surface area contributed by atoms with Crippen molar-refractivity contribution < 1.29 is 19.1 Å². The van der Waals surface area contributed by atoms with E-state index in [2.05, 4.69) is 40.2 Å². The van der Waals surface area contributed by atoms with Gasteiger partial charge in [0.2, 0.25) is 11.8 Å². The lowest BCUT2D eigenvalue weighted by atomic mass is 9.55. The van der Waals surface area contributed by atoms with Crippen molar-refractivity contribution in [3.05, 3.63) is 129 Å². The standard InChI is InChI=1S/C33H24BrNO4/c1-18-16-21(39-17-27(36)19-10-12-20(34)13-11-19)14-15-26(18)35-32(37)30-28-22-6-2-3-7-23(22)29(31(30)33(35)38)25-9-5-4-8-24(25)28/h2-16,28-31H,17H2,1H3/t28?,29?,30-,31-/m1/s1. The molecule has 1 aliphatic heterocycles. The van der Waals surface area contributed by atoms with Crippen LogP contribution in [0.4, 0.5) is 5.69 Å². The Morgan fingerprint density at radius 3 is 1.77 bits per heavy atom. The average Bonchev–Trinajstić information content (AvgIpc) is 3.22. The number of carbonyl (C=O) groups is 3. The molecule has 4 aromatic rings. The molecule has 0 N–H and O–H groups in total. The van der Waals surface area contributed by atoms with Crippen molar-refractivity contribution in [1.82, 2.24) is 0 Å². The van der Waals surface area contributed by atoms with Crippen LogP contribution in [0.3, 0.4) is 0 Å². The number of anilines is 1. The summed E-state index contributed by atoms with van der Waals surface area (Å²) in [4.78, 5) is 42.0. The topological polar surface area (TPSA) is 63.7 Å². The van der Waals surface area contributed by atoms with Crippen LogP contribution < -0.4 is 9.64 Å². The molecule has 1 fully saturated rings. The van der Waals surface area contributed by atoms with Gasteiger partial charge >= 0.3 is 0 Å². The van der Waals surface area contributed by atoms with Gasteiger partial charge in [-0.2, -0.15) is 0 Å². The third-order valence-electron chi connectivity index (χ3n) is 8.39. The molecule has 0 radical (unpaired) electrons. The summed E-state index contributed by atoms with van der Waals surface area (Å²) in [5, 5.41) is 0. The Kier molecular flexibility index (Phi) is 5.56. The van der Waals surface area contributed by atoms with Gasteiger partial charge in [0.15, 0.2) is 12.4 Å². The van der Waals surface area contributed by atoms with E-state index in [1.54, 1.807) is 30.3 Å². The summed E-state index contributed by atoms with van der Waals surface area (Å²) in [6.45, 7) is 1.76. The van der Waals surface area contributed by atoms with Crippen LogP contribution >= 0.6 is 15.9 Å². The van der Waals surface area contributed by atoms with Gasteiger partial charge < -0.3 is 4.74 Å². The SMILES string of the molecule is Cc1cc(OCC(=O)c2ccc(Br)cc2)ccc1N1C(=O)[C@@H]2C3c4ccccc4C(c4ccccc43)[C@H]2C1=O. The molecule has 2 atom stereocenters. The number of ether oxygens (including phenoxy) is 1. The van der Waals surface area contributed by atoms with Gasteiger partial charge in [0.25, 0.3) is 0 Å². The van der Waals surface area contributed by atoms with Crippen molar-refractivity contribution in [2.75, 3.05) is 11.5 Å². The monoisotopic (exact) mass is 577 g/mol. The largest absolute Gasteiger partial charge is 0.485 e. The van der Waals surface area contributed by atoms with Crippen LogP contribution in [-0.2, 0) is 9.59 Å².